The molecular weight excluding hydrogens is 220 g/mol. The van der Waals surface area contributed by atoms with Crippen molar-refractivity contribution in [1.29, 1.82) is 0 Å². The van der Waals surface area contributed by atoms with E-state index in [9.17, 15) is 4.79 Å². The van der Waals surface area contributed by atoms with Gasteiger partial charge in [-0.05, 0) is 25.2 Å². The Balaban J connectivity index is 2.93. The van der Waals surface area contributed by atoms with E-state index in [2.05, 4.69) is 0 Å². The predicted octanol–water partition coefficient (Wildman–Crippen LogP) is 2.75. The van der Waals surface area contributed by atoms with Gasteiger partial charge in [-0.3, -0.25) is 0 Å². The van der Waals surface area contributed by atoms with Gasteiger partial charge >= 0.3 is 5.97 Å². The van der Waals surface area contributed by atoms with E-state index in [1.54, 1.807) is 0 Å². The highest BCUT2D eigenvalue weighted by atomic mass is 28.4. The van der Waals surface area contributed by atoms with Crippen molar-refractivity contribution >= 4 is 14.3 Å². The molecule has 16 heavy (non-hydrogen) atoms. The molecule has 4 heteroatoms. The first-order valence-corrected chi connectivity index (χ1v) is 8.65. The monoisotopic (exact) mass is 238 g/mol. The van der Waals surface area contributed by atoms with Gasteiger partial charge in [0.2, 0.25) is 0 Å². The van der Waals surface area contributed by atoms with E-state index in [-0.39, 0.29) is 5.97 Å². The Hall–Kier alpha value is -1.13. The van der Waals surface area contributed by atoms with E-state index in [4.69, 9.17) is 9.16 Å². The van der Waals surface area contributed by atoms with Crippen LogP contribution < -0.4 is 0 Å². The zero-order chi connectivity index (χ0) is 12.2. The molecule has 0 amide bonds. The molecule has 1 rings (SSSR count). The average Bonchev–Trinajstić information content (AvgIpc) is 2.25. The zero-order valence-electron chi connectivity index (χ0n) is 10.2. The Kier molecular flexibility index (Phi) is 4.26. The second kappa shape index (κ2) is 5.27. The highest BCUT2D eigenvalue weighted by Crippen LogP contribution is 2.23. The number of methoxy groups -OCH3 is 1. The predicted molar refractivity (Wildman–Crippen MR) is 65.6 cm³/mol. The topological polar surface area (TPSA) is 35.5 Å². The van der Waals surface area contributed by atoms with Gasteiger partial charge in [0, 0.05) is 0 Å². The zero-order valence-corrected chi connectivity index (χ0v) is 11.2. The van der Waals surface area contributed by atoms with Gasteiger partial charge in [-0.25, -0.2) is 4.79 Å². The molecule has 0 saturated carbocycles. The van der Waals surface area contributed by atoms with E-state index in [1.807, 2.05) is 50.0 Å². The highest BCUT2D eigenvalue weighted by molar-refractivity contribution is 6.69. The Morgan fingerprint density at radius 3 is 2.19 bits per heavy atom. The minimum absolute atomic E-state index is 0.339. The molecule has 88 valence electrons. The molecule has 1 aromatic carbocycles. The summed E-state index contributed by atoms with van der Waals surface area (Å²) in [5, 5.41) is 0. The van der Waals surface area contributed by atoms with Crippen LogP contribution in [0.4, 0.5) is 0 Å². The van der Waals surface area contributed by atoms with Crippen molar-refractivity contribution in [2.75, 3.05) is 7.11 Å². The molecule has 3 nitrogen and oxygen atoms in total. The molecule has 0 N–H and O–H groups in total. The molecule has 1 atom stereocenters. The van der Waals surface area contributed by atoms with E-state index in [0.29, 0.717) is 0 Å². The van der Waals surface area contributed by atoms with Crippen molar-refractivity contribution in [3.05, 3.63) is 35.9 Å². The van der Waals surface area contributed by atoms with Gasteiger partial charge in [0.15, 0.2) is 14.4 Å². The van der Waals surface area contributed by atoms with Crippen LogP contribution in [0.1, 0.15) is 11.7 Å². The summed E-state index contributed by atoms with van der Waals surface area (Å²) in [5.74, 6) is -0.339. The van der Waals surface area contributed by atoms with Gasteiger partial charge in [0.1, 0.15) is 0 Å². The molecule has 0 unspecified atom stereocenters. The maximum atomic E-state index is 11.7. The van der Waals surface area contributed by atoms with Crippen LogP contribution in [0.5, 0.6) is 0 Å². The molecule has 0 heterocycles. The van der Waals surface area contributed by atoms with Gasteiger partial charge in [-0.2, -0.15) is 0 Å². The summed E-state index contributed by atoms with van der Waals surface area (Å²) in [5.41, 5.74) is 0.844. The van der Waals surface area contributed by atoms with Crippen molar-refractivity contribution in [3.8, 4) is 0 Å². The van der Waals surface area contributed by atoms with Crippen LogP contribution in [0.15, 0.2) is 30.3 Å². The van der Waals surface area contributed by atoms with Gasteiger partial charge in [-0.15, -0.1) is 0 Å². The molecule has 0 saturated heterocycles. The fraction of sp³-hybridized carbons (Fsp3) is 0.417. The van der Waals surface area contributed by atoms with E-state index in [0.717, 1.165) is 5.56 Å². The quantitative estimate of drug-likeness (QED) is 0.597. The number of esters is 1. The molecule has 0 bridgehead atoms. The fourth-order valence-electron chi connectivity index (χ4n) is 1.34. The number of hydrogen-bond donors (Lipinski definition) is 0. The first-order chi connectivity index (χ1) is 7.44. The lowest BCUT2D eigenvalue weighted by Crippen LogP contribution is -2.32. The van der Waals surface area contributed by atoms with E-state index < -0.39 is 14.4 Å². The first-order valence-electron chi connectivity index (χ1n) is 5.24. The number of carbonyl (C=O) groups excluding carboxylic acids is 1. The number of carbonyl (C=O) groups is 1. The smallest absolute Gasteiger partial charge is 0.338 e. The third kappa shape index (κ3) is 3.79. The molecule has 0 fully saturated rings. The summed E-state index contributed by atoms with van der Waals surface area (Å²) in [6.45, 7) is 6.14. The normalized spacial score (nSPS) is 13.2. The van der Waals surface area contributed by atoms with E-state index in [1.165, 1.54) is 7.11 Å². The van der Waals surface area contributed by atoms with Crippen LogP contribution in [0.2, 0.25) is 19.6 Å². The van der Waals surface area contributed by atoms with Crippen LogP contribution in [0.3, 0.4) is 0 Å². The van der Waals surface area contributed by atoms with Crippen LogP contribution >= 0.6 is 0 Å². The van der Waals surface area contributed by atoms with Gasteiger partial charge in [0.25, 0.3) is 0 Å². The van der Waals surface area contributed by atoms with Gasteiger partial charge in [-0.1, -0.05) is 30.3 Å². The lowest BCUT2D eigenvalue weighted by molar-refractivity contribution is -0.149. The average molecular weight is 238 g/mol. The lowest BCUT2D eigenvalue weighted by Gasteiger charge is -2.24. The lowest BCUT2D eigenvalue weighted by atomic mass is 10.1. The second-order valence-corrected chi connectivity index (χ2v) is 9.00. The van der Waals surface area contributed by atoms with Gasteiger partial charge < -0.3 is 9.16 Å². The Morgan fingerprint density at radius 2 is 1.75 bits per heavy atom. The third-order valence-electron chi connectivity index (χ3n) is 1.99. The molecule has 0 aliphatic heterocycles. The van der Waals surface area contributed by atoms with Crippen molar-refractivity contribution in [2.24, 2.45) is 0 Å². The molecular formula is C12H18O3Si. The molecule has 0 aromatic heterocycles. The summed E-state index contributed by atoms with van der Waals surface area (Å²) in [7, 11) is -0.402. The maximum Gasteiger partial charge on any atom is 0.338 e. The molecule has 0 aliphatic rings. The standard InChI is InChI=1S/C12H18O3Si/c1-14-12(13)11(15-16(2,3)4)10-8-6-5-7-9-10/h5-9,11H,1-4H3/t11-/m1/s1. The van der Waals surface area contributed by atoms with Crippen molar-refractivity contribution in [1.82, 2.24) is 0 Å². The van der Waals surface area contributed by atoms with Crippen molar-refractivity contribution in [3.63, 3.8) is 0 Å². The number of rotatable bonds is 4. The maximum absolute atomic E-state index is 11.7. The van der Waals surface area contributed by atoms with Crippen LogP contribution in [-0.4, -0.2) is 21.4 Å². The van der Waals surface area contributed by atoms with Gasteiger partial charge in [0.05, 0.1) is 7.11 Å². The van der Waals surface area contributed by atoms with E-state index >= 15 is 0 Å². The highest BCUT2D eigenvalue weighted by Gasteiger charge is 2.28. The third-order valence-corrected chi connectivity index (χ3v) is 2.93. The molecule has 0 radical (unpaired) electrons. The minimum atomic E-state index is -1.78. The Bertz CT molecular complexity index is 343. The van der Waals surface area contributed by atoms with Crippen LogP contribution in [0.25, 0.3) is 0 Å². The Labute approximate surface area is 97.5 Å². The summed E-state index contributed by atoms with van der Waals surface area (Å²) in [6, 6.07) is 9.44. The van der Waals surface area contributed by atoms with Crippen molar-refractivity contribution < 1.29 is 14.0 Å². The number of hydrogen-bond acceptors (Lipinski definition) is 3. The van der Waals surface area contributed by atoms with Crippen LogP contribution in [-0.2, 0) is 14.0 Å². The summed E-state index contributed by atoms with van der Waals surface area (Å²) < 4.78 is 10.6. The molecule has 0 spiro atoms. The minimum Gasteiger partial charge on any atom is -0.467 e. The van der Waals surface area contributed by atoms with Crippen molar-refractivity contribution in [2.45, 2.75) is 25.7 Å². The molecule has 0 aliphatic carbocycles. The summed E-state index contributed by atoms with van der Waals surface area (Å²) >= 11 is 0. The summed E-state index contributed by atoms with van der Waals surface area (Å²) in [4.78, 5) is 11.7. The fourth-order valence-corrected chi connectivity index (χ4v) is 2.28. The number of benzene rings is 1. The second-order valence-electron chi connectivity index (χ2n) is 4.54. The number of ether oxygens (including phenoxy) is 1. The largest absolute Gasteiger partial charge is 0.467 e. The summed E-state index contributed by atoms with van der Waals surface area (Å²) in [6.07, 6.45) is -0.599. The first kappa shape index (κ1) is 12.9. The molecule has 1 aromatic rings. The SMILES string of the molecule is COC(=O)[C@H](O[Si](C)(C)C)c1ccccc1. The van der Waals surface area contributed by atoms with Crippen LogP contribution in [0, 0.1) is 0 Å². The Morgan fingerprint density at radius 1 is 1.19 bits per heavy atom.